The summed E-state index contributed by atoms with van der Waals surface area (Å²) in [5.41, 5.74) is -0.157. The van der Waals surface area contributed by atoms with Crippen LogP contribution in [0.5, 0.6) is 0 Å². The van der Waals surface area contributed by atoms with Gasteiger partial charge in [-0.05, 0) is 26.0 Å². The predicted octanol–water partition coefficient (Wildman–Crippen LogP) is 1.26. The van der Waals surface area contributed by atoms with Crippen LogP contribution in [0.2, 0.25) is 5.15 Å². The van der Waals surface area contributed by atoms with Gasteiger partial charge >= 0.3 is 5.97 Å². The highest BCUT2D eigenvalue weighted by Crippen LogP contribution is 2.29. The fourth-order valence-corrected chi connectivity index (χ4v) is 2.34. The zero-order valence-corrected chi connectivity index (χ0v) is 11.9. The second-order valence-electron chi connectivity index (χ2n) is 5.08. The van der Waals surface area contributed by atoms with Gasteiger partial charge in [-0.15, -0.1) is 0 Å². The molecule has 0 radical (unpaired) electrons. The van der Waals surface area contributed by atoms with Gasteiger partial charge in [-0.2, -0.15) is 0 Å². The molecule has 6 nitrogen and oxygen atoms in total. The normalized spacial score (nSPS) is 25.4. The number of aromatic nitrogens is 1. The number of ether oxygens (including phenoxy) is 1. The number of hydrogen-bond donors (Lipinski definition) is 2. The molecular weight excluding hydrogens is 284 g/mol. The quantitative estimate of drug-likeness (QED) is 0.820. The molecule has 1 amide bonds. The molecule has 2 heterocycles. The highest BCUT2D eigenvalue weighted by Gasteiger charge is 2.47. The van der Waals surface area contributed by atoms with Crippen LogP contribution in [-0.4, -0.2) is 41.2 Å². The van der Waals surface area contributed by atoms with Crippen LogP contribution in [0, 0.1) is 12.3 Å². The third-order valence-electron chi connectivity index (χ3n) is 3.43. The van der Waals surface area contributed by atoms with Gasteiger partial charge in [0.05, 0.1) is 19.3 Å². The zero-order valence-electron chi connectivity index (χ0n) is 11.1. The molecule has 0 aromatic carbocycles. The molecule has 2 unspecified atom stereocenters. The first-order chi connectivity index (χ1) is 9.33. The molecule has 0 spiro atoms. The van der Waals surface area contributed by atoms with Gasteiger partial charge in [0, 0.05) is 11.3 Å². The summed E-state index contributed by atoms with van der Waals surface area (Å²) < 4.78 is 5.18. The number of pyridine rings is 1. The molecule has 1 saturated heterocycles. The second-order valence-corrected chi connectivity index (χ2v) is 5.47. The fraction of sp³-hybridized carbons (Fsp3) is 0.462. The smallest absolute Gasteiger partial charge is 0.313 e. The molecule has 0 saturated carbocycles. The Kier molecular flexibility index (Phi) is 3.96. The van der Waals surface area contributed by atoms with E-state index in [1.54, 1.807) is 19.9 Å². The van der Waals surface area contributed by atoms with Crippen LogP contribution in [0.3, 0.4) is 0 Å². The lowest BCUT2D eigenvalue weighted by molar-refractivity contribution is -0.148. The first-order valence-corrected chi connectivity index (χ1v) is 6.47. The van der Waals surface area contributed by atoms with Crippen LogP contribution in [0.15, 0.2) is 12.1 Å². The minimum atomic E-state index is -1.12. The summed E-state index contributed by atoms with van der Waals surface area (Å²) in [5, 5.41) is 12.2. The Balaban J connectivity index is 2.17. The van der Waals surface area contributed by atoms with Gasteiger partial charge < -0.3 is 15.2 Å². The van der Waals surface area contributed by atoms with Crippen molar-refractivity contribution in [2.45, 2.75) is 19.9 Å². The van der Waals surface area contributed by atoms with Gasteiger partial charge in [-0.1, -0.05) is 11.6 Å². The molecule has 2 rings (SSSR count). The van der Waals surface area contributed by atoms with E-state index >= 15 is 0 Å². The van der Waals surface area contributed by atoms with Crippen LogP contribution in [0.1, 0.15) is 23.0 Å². The number of aryl methyl sites for hydroxylation is 1. The largest absolute Gasteiger partial charge is 0.481 e. The number of halogens is 1. The lowest BCUT2D eigenvalue weighted by atomic mass is 9.85. The third kappa shape index (κ3) is 2.76. The van der Waals surface area contributed by atoms with Crippen molar-refractivity contribution in [3.05, 3.63) is 28.5 Å². The minimum absolute atomic E-state index is 0.0728. The fourth-order valence-electron chi connectivity index (χ4n) is 2.09. The Bertz CT molecular complexity index is 543. The Hall–Kier alpha value is -1.66. The van der Waals surface area contributed by atoms with Crippen molar-refractivity contribution >= 4 is 23.5 Å². The summed E-state index contributed by atoms with van der Waals surface area (Å²) in [5.74, 6) is -1.38. The monoisotopic (exact) mass is 298 g/mol. The minimum Gasteiger partial charge on any atom is -0.481 e. The van der Waals surface area contributed by atoms with E-state index in [0.29, 0.717) is 11.3 Å². The van der Waals surface area contributed by atoms with E-state index in [1.165, 1.54) is 6.07 Å². The van der Waals surface area contributed by atoms with Crippen molar-refractivity contribution in [3.63, 3.8) is 0 Å². The van der Waals surface area contributed by atoms with E-state index in [9.17, 15) is 14.7 Å². The number of carbonyl (C=O) groups is 2. The molecule has 0 bridgehead atoms. The maximum atomic E-state index is 12.2. The van der Waals surface area contributed by atoms with Gasteiger partial charge in [0.25, 0.3) is 5.91 Å². The standard InChI is InChI=1S/C13H15ClN2O4/c1-7-3-8(4-10(14)15-7)11(17)16-9-5-20-6-13(9,2)12(18)19/h3-4,9H,5-6H2,1-2H3,(H,16,17)(H,18,19). The van der Waals surface area contributed by atoms with Gasteiger partial charge in [-0.25, -0.2) is 4.98 Å². The lowest BCUT2D eigenvalue weighted by Gasteiger charge is -2.25. The average Bonchev–Trinajstić information content (AvgIpc) is 2.71. The Morgan fingerprint density at radius 2 is 2.25 bits per heavy atom. The summed E-state index contributed by atoms with van der Waals surface area (Å²) in [6.07, 6.45) is 0. The Morgan fingerprint density at radius 3 is 2.85 bits per heavy atom. The molecule has 0 aliphatic carbocycles. The van der Waals surface area contributed by atoms with Crippen LogP contribution in [0.4, 0.5) is 0 Å². The Morgan fingerprint density at radius 1 is 1.55 bits per heavy atom. The molecule has 2 atom stereocenters. The zero-order chi connectivity index (χ0) is 14.9. The molecular formula is C13H15ClN2O4. The van der Waals surface area contributed by atoms with Crippen molar-refractivity contribution in [3.8, 4) is 0 Å². The molecule has 1 aliphatic rings. The molecule has 1 aromatic rings. The number of amides is 1. The topological polar surface area (TPSA) is 88.5 Å². The van der Waals surface area contributed by atoms with Gasteiger partial charge in [0.15, 0.2) is 0 Å². The molecule has 1 aliphatic heterocycles. The maximum absolute atomic E-state index is 12.2. The average molecular weight is 299 g/mol. The summed E-state index contributed by atoms with van der Waals surface area (Å²) in [6, 6.07) is 2.45. The number of aliphatic carboxylic acids is 1. The van der Waals surface area contributed by atoms with E-state index in [1.807, 2.05) is 0 Å². The summed E-state index contributed by atoms with van der Waals surface area (Å²) in [4.78, 5) is 27.4. The highest BCUT2D eigenvalue weighted by atomic mass is 35.5. The van der Waals surface area contributed by atoms with Crippen molar-refractivity contribution < 1.29 is 19.4 Å². The van der Waals surface area contributed by atoms with E-state index in [2.05, 4.69) is 10.3 Å². The molecule has 1 aromatic heterocycles. The highest BCUT2D eigenvalue weighted by molar-refractivity contribution is 6.29. The molecule has 20 heavy (non-hydrogen) atoms. The SMILES string of the molecule is Cc1cc(C(=O)NC2COCC2(C)C(=O)O)cc(Cl)n1. The number of carboxylic acid groups (broad SMARTS) is 1. The van der Waals surface area contributed by atoms with E-state index in [0.717, 1.165) is 0 Å². The maximum Gasteiger partial charge on any atom is 0.313 e. The van der Waals surface area contributed by atoms with Crippen LogP contribution in [-0.2, 0) is 9.53 Å². The first kappa shape index (κ1) is 14.7. The second kappa shape index (κ2) is 5.38. The van der Waals surface area contributed by atoms with Crippen molar-refractivity contribution in [1.82, 2.24) is 10.3 Å². The van der Waals surface area contributed by atoms with Gasteiger partial charge in [0.1, 0.15) is 10.6 Å². The van der Waals surface area contributed by atoms with E-state index in [-0.39, 0.29) is 24.3 Å². The number of carbonyl (C=O) groups excluding carboxylic acids is 1. The number of hydrogen-bond acceptors (Lipinski definition) is 4. The van der Waals surface area contributed by atoms with Crippen LogP contribution in [0.25, 0.3) is 0 Å². The lowest BCUT2D eigenvalue weighted by Crippen LogP contribution is -2.49. The number of nitrogens with one attached hydrogen (secondary N) is 1. The number of nitrogens with zero attached hydrogens (tertiary/aromatic N) is 1. The van der Waals surface area contributed by atoms with Gasteiger partial charge in [0.2, 0.25) is 0 Å². The summed E-state index contributed by atoms with van der Waals surface area (Å²) in [7, 11) is 0. The molecule has 7 heteroatoms. The summed E-state index contributed by atoms with van der Waals surface area (Å²) >= 11 is 5.81. The van der Waals surface area contributed by atoms with E-state index in [4.69, 9.17) is 16.3 Å². The first-order valence-electron chi connectivity index (χ1n) is 6.09. The number of rotatable bonds is 3. The van der Waals surface area contributed by atoms with E-state index < -0.39 is 17.4 Å². The summed E-state index contributed by atoms with van der Waals surface area (Å²) in [6.45, 7) is 3.52. The Labute approximate surface area is 121 Å². The van der Waals surface area contributed by atoms with Gasteiger partial charge in [-0.3, -0.25) is 9.59 Å². The molecule has 108 valence electrons. The van der Waals surface area contributed by atoms with Crippen LogP contribution < -0.4 is 5.32 Å². The van der Waals surface area contributed by atoms with Crippen molar-refractivity contribution in [1.29, 1.82) is 0 Å². The third-order valence-corrected chi connectivity index (χ3v) is 3.63. The molecule has 1 fully saturated rings. The number of carboxylic acids is 1. The predicted molar refractivity (Wildman–Crippen MR) is 71.8 cm³/mol. The molecule has 2 N–H and O–H groups in total. The van der Waals surface area contributed by atoms with Crippen molar-refractivity contribution in [2.24, 2.45) is 5.41 Å². The van der Waals surface area contributed by atoms with Crippen molar-refractivity contribution in [2.75, 3.05) is 13.2 Å². The van der Waals surface area contributed by atoms with Crippen LogP contribution >= 0.6 is 11.6 Å².